The van der Waals surface area contributed by atoms with Crippen molar-refractivity contribution >= 4 is 17.7 Å². The molecule has 0 radical (unpaired) electrons. The molecule has 0 aromatic heterocycles. The molecule has 2 atom stereocenters. The Morgan fingerprint density at radius 1 is 0.609 bits per heavy atom. The number of nitrogens with zero attached hydrogens (tertiary/aromatic N) is 2. The van der Waals surface area contributed by atoms with Gasteiger partial charge >= 0.3 is 0 Å². The van der Waals surface area contributed by atoms with Gasteiger partial charge in [-0.15, -0.1) is 0 Å². The molecule has 10 heteroatoms. The molecule has 3 amide bonds. The molecule has 46 heavy (non-hydrogen) atoms. The smallest absolute Gasteiger partial charge is 0.242 e. The van der Waals surface area contributed by atoms with Gasteiger partial charge < -0.3 is 34.1 Å². The molecule has 10 nitrogen and oxygen atoms in total. The van der Waals surface area contributed by atoms with E-state index in [-0.39, 0.29) is 54.2 Å². The number of rotatable bonds is 22. The Morgan fingerprint density at radius 2 is 1.11 bits per heavy atom. The second-order valence-corrected chi connectivity index (χ2v) is 13.7. The highest BCUT2D eigenvalue weighted by molar-refractivity contribution is 5.88. The first-order valence-electron chi connectivity index (χ1n) is 18.2. The Hall–Kier alpha value is -1.75. The molecular formula is C36H69N3O7. The molecule has 2 fully saturated rings. The number of nitrogens with one attached hydrogen (secondary N) is 1. The zero-order chi connectivity index (χ0) is 34.3. The molecule has 0 aliphatic carbocycles. The first kappa shape index (κ1) is 42.3. The van der Waals surface area contributed by atoms with Gasteiger partial charge in [-0.25, -0.2) is 0 Å². The van der Waals surface area contributed by atoms with E-state index in [0.29, 0.717) is 39.1 Å². The van der Waals surface area contributed by atoms with Gasteiger partial charge in [0.1, 0.15) is 6.04 Å². The fourth-order valence-electron chi connectivity index (χ4n) is 5.56. The van der Waals surface area contributed by atoms with Gasteiger partial charge in [0, 0.05) is 52.3 Å². The average Bonchev–Trinajstić information content (AvgIpc) is 3.68. The number of ether oxygens (including phenoxy) is 4. The van der Waals surface area contributed by atoms with Crippen LogP contribution < -0.4 is 5.32 Å². The number of likely N-dealkylation sites (tertiary alicyclic amines) is 2. The Balaban J connectivity index is 0.000000489. The maximum absolute atomic E-state index is 12.5. The fraction of sp³-hybridized carbons (Fsp3) is 0.917. The van der Waals surface area contributed by atoms with Crippen molar-refractivity contribution in [3.05, 3.63) is 0 Å². The normalized spacial score (nSPS) is 18.2. The van der Waals surface area contributed by atoms with Crippen molar-refractivity contribution in [1.82, 2.24) is 15.1 Å². The first-order valence-corrected chi connectivity index (χ1v) is 18.2. The van der Waals surface area contributed by atoms with Crippen LogP contribution in [-0.2, 0) is 33.3 Å². The summed E-state index contributed by atoms with van der Waals surface area (Å²) >= 11 is 0. The first-order chi connectivity index (χ1) is 21.9. The van der Waals surface area contributed by atoms with E-state index in [4.69, 9.17) is 18.9 Å². The molecule has 0 saturated carbocycles. The van der Waals surface area contributed by atoms with Crippen LogP contribution in [0.4, 0.5) is 0 Å². The predicted molar refractivity (Wildman–Crippen MR) is 184 cm³/mol. The molecule has 2 heterocycles. The van der Waals surface area contributed by atoms with Crippen LogP contribution in [0, 0.1) is 0 Å². The molecule has 270 valence electrons. The van der Waals surface area contributed by atoms with Gasteiger partial charge in [-0.1, -0.05) is 6.42 Å². The van der Waals surface area contributed by atoms with E-state index < -0.39 is 0 Å². The lowest BCUT2D eigenvalue weighted by Crippen LogP contribution is -2.46. The van der Waals surface area contributed by atoms with E-state index in [1.54, 1.807) is 4.90 Å². The van der Waals surface area contributed by atoms with Crippen molar-refractivity contribution in [2.24, 2.45) is 0 Å². The molecule has 2 rings (SSSR count). The van der Waals surface area contributed by atoms with E-state index in [1.165, 1.54) is 0 Å². The minimum Gasteiger partial charge on any atom is -0.379 e. The van der Waals surface area contributed by atoms with E-state index in [9.17, 15) is 14.4 Å². The number of amides is 3. The maximum Gasteiger partial charge on any atom is 0.242 e. The summed E-state index contributed by atoms with van der Waals surface area (Å²) in [7, 11) is 0. The number of carbonyl (C=O) groups excluding carboxylic acids is 3. The third-order valence-electron chi connectivity index (χ3n) is 7.99. The summed E-state index contributed by atoms with van der Waals surface area (Å²) < 4.78 is 22.1. The largest absolute Gasteiger partial charge is 0.379 e. The third-order valence-corrected chi connectivity index (χ3v) is 7.99. The van der Waals surface area contributed by atoms with E-state index in [2.05, 4.69) is 5.32 Å². The van der Waals surface area contributed by atoms with E-state index in [1.807, 2.05) is 60.3 Å². The zero-order valence-electron chi connectivity index (χ0n) is 30.7. The number of carbonyl (C=O) groups is 3. The summed E-state index contributed by atoms with van der Waals surface area (Å²) in [5.74, 6) is 0.362. The van der Waals surface area contributed by atoms with Crippen molar-refractivity contribution in [3.8, 4) is 0 Å². The second kappa shape index (κ2) is 25.3. The topological polar surface area (TPSA) is 107 Å². The molecule has 0 aromatic carbocycles. The van der Waals surface area contributed by atoms with Gasteiger partial charge in [-0.2, -0.15) is 0 Å². The van der Waals surface area contributed by atoms with Gasteiger partial charge in [0.05, 0.1) is 37.1 Å². The fourth-order valence-corrected chi connectivity index (χ4v) is 5.56. The van der Waals surface area contributed by atoms with Crippen LogP contribution in [0.15, 0.2) is 0 Å². The van der Waals surface area contributed by atoms with Crippen LogP contribution in [0.2, 0.25) is 0 Å². The summed E-state index contributed by atoms with van der Waals surface area (Å²) in [6.45, 7) is 21.3. The monoisotopic (exact) mass is 656 g/mol. The highest BCUT2D eigenvalue weighted by atomic mass is 16.5. The van der Waals surface area contributed by atoms with Gasteiger partial charge in [-0.05, 0) is 113 Å². The highest BCUT2D eigenvalue weighted by Crippen LogP contribution is 2.21. The molecular weight excluding hydrogens is 586 g/mol. The van der Waals surface area contributed by atoms with Gasteiger partial charge in [0.25, 0.3) is 0 Å². The zero-order valence-corrected chi connectivity index (χ0v) is 30.7. The molecule has 2 aliphatic heterocycles. The van der Waals surface area contributed by atoms with Crippen molar-refractivity contribution < 1.29 is 33.3 Å². The predicted octanol–water partition coefficient (Wildman–Crippen LogP) is 5.89. The van der Waals surface area contributed by atoms with Crippen molar-refractivity contribution in [3.63, 3.8) is 0 Å². The Labute approximate surface area is 281 Å². The SMILES string of the molecule is CC(C)OCCCC(=O)N1CCCC1COC(C)C.CC(C)OCCCCCC(=O)N1CCCC1C(=O)NCCCCOC(C)C. The third kappa shape index (κ3) is 19.8. The molecule has 2 saturated heterocycles. The highest BCUT2D eigenvalue weighted by Gasteiger charge is 2.33. The van der Waals surface area contributed by atoms with Gasteiger partial charge in [0.2, 0.25) is 17.7 Å². The maximum atomic E-state index is 12.5. The average molecular weight is 656 g/mol. The Kier molecular flexibility index (Phi) is 23.2. The molecule has 0 spiro atoms. The Morgan fingerprint density at radius 3 is 1.72 bits per heavy atom. The van der Waals surface area contributed by atoms with Crippen LogP contribution in [0.25, 0.3) is 0 Å². The minimum absolute atomic E-state index is 0.00374. The quantitative estimate of drug-likeness (QED) is 0.145. The number of unbranched alkanes of at least 4 members (excludes halogenated alkanes) is 3. The minimum atomic E-state index is -0.284. The lowest BCUT2D eigenvalue weighted by atomic mass is 10.1. The lowest BCUT2D eigenvalue weighted by molar-refractivity contribution is -0.138. The lowest BCUT2D eigenvalue weighted by Gasteiger charge is -2.25. The van der Waals surface area contributed by atoms with Crippen molar-refractivity contribution in [1.29, 1.82) is 0 Å². The van der Waals surface area contributed by atoms with Crippen molar-refractivity contribution in [2.45, 2.75) is 169 Å². The van der Waals surface area contributed by atoms with Crippen LogP contribution in [0.3, 0.4) is 0 Å². The summed E-state index contributed by atoms with van der Waals surface area (Å²) in [5, 5.41) is 2.99. The van der Waals surface area contributed by atoms with E-state index in [0.717, 1.165) is 84.0 Å². The molecule has 0 bridgehead atoms. The summed E-state index contributed by atoms with van der Waals surface area (Å²) in [6, 6.07) is -0.00499. The van der Waals surface area contributed by atoms with Gasteiger partial charge in [-0.3, -0.25) is 14.4 Å². The Bertz CT molecular complexity index is 783. The standard InChI is InChI=1S/C21H40N2O4.C15H29NO3/c1-17(2)26-15-8-5-6-12-20(24)23-14-10-11-19(23)21(25)22-13-7-9-16-27-18(3)4;1-12(2)18-10-6-8-15(17)16-9-5-7-14(16)11-19-13(3)4/h17-19H,5-16H2,1-4H3,(H,22,25);12-14H,5-11H2,1-4H3. The number of hydrogen-bond donors (Lipinski definition) is 1. The summed E-state index contributed by atoms with van der Waals surface area (Å²) in [4.78, 5) is 40.8. The van der Waals surface area contributed by atoms with Crippen LogP contribution in [-0.4, -0.2) is 110 Å². The molecule has 2 unspecified atom stereocenters. The molecule has 2 aliphatic rings. The summed E-state index contributed by atoms with van der Waals surface area (Å²) in [5.41, 5.74) is 0. The van der Waals surface area contributed by atoms with Crippen LogP contribution >= 0.6 is 0 Å². The number of hydrogen-bond acceptors (Lipinski definition) is 7. The van der Waals surface area contributed by atoms with Crippen LogP contribution in [0.5, 0.6) is 0 Å². The van der Waals surface area contributed by atoms with Crippen LogP contribution in [0.1, 0.15) is 132 Å². The second-order valence-electron chi connectivity index (χ2n) is 13.7. The molecule has 1 N–H and O–H groups in total. The summed E-state index contributed by atoms with van der Waals surface area (Å²) in [6.07, 6.45) is 11.4. The van der Waals surface area contributed by atoms with Crippen molar-refractivity contribution in [2.75, 3.05) is 46.1 Å². The molecule has 0 aromatic rings. The van der Waals surface area contributed by atoms with Gasteiger partial charge in [0.15, 0.2) is 0 Å². The van der Waals surface area contributed by atoms with E-state index >= 15 is 0 Å².